The quantitative estimate of drug-likeness (QED) is 0.753. The lowest BCUT2D eigenvalue weighted by Crippen LogP contribution is -2.48. The van der Waals surface area contributed by atoms with Gasteiger partial charge in [0.15, 0.2) is 0 Å². The molecule has 0 radical (unpaired) electrons. The molecule has 1 aromatic heterocycles. The fraction of sp³-hybridized carbons (Fsp3) is 0.350. The van der Waals surface area contributed by atoms with Gasteiger partial charge >= 0.3 is 0 Å². The number of piperazine rings is 1. The summed E-state index contributed by atoms with van der Waals surface area (Å²) in [7, 11) is 0. The first-order chi connectivity index (χ1) is 13.1. The average Bonchev–Trinajstić information content (AvgIpc) is 3.15. The van der Waals surface area contributed by atoms with E-state index in [9.17, 15) is 4.79 Å². The summed E-state index contributed by atoms with van der Waals surface area (Å²) in [5.74, 6) is -0.00399. The molecule has 1 aliphatic heterocycles. The van der Waals surface area contributed by atoms with Crippen LogP contribution in [0.5, 0.6) is 0 Å². The molecule has 6 nitrogen and oxygen atoms in total. The lowest BCUT2D eigenvalue weighted by Gasteiger charge is -2.36. The molecule has 27 heavy (non-hydrogen) atoms. The maximum Gasteiger partial charge on any atom is 0.238 e. The van der Waals surface area contributed by atoms with Crippen molar-refractivity contribution < 1.29 is 4.79 Å². The van der Waals surface area contributed by atoms with Crippen molar-refractivity contribution in [3.8, 4) is 0 Å². The van der Waals surface area contributed by atoms with Crippen LogP contribution in [-0.2, 0) is 4.79 Å². The van der Waals surface area contributed by atoms with E-state index in [2.05, 4.69) is 55.9 Å². The molecule has 1 aliphatic rings. The van der Waals surface area contributed by atoms with Crippen LogP contribution in [0.1, 0.15) is 11.1 Å². The Hall–Kier alpha value is -2.51. The van der Waals surface area contributed by atoms with Gasteiger partial charge in [0.1, 0.15) is 11.0 Å². The summed E-state index contributed by atoms with van der Waals surface area (Å²) in [5.41, 5.74) is 6.28. The van der Waals surface area contributed by atoms with Crippen LogP contribution in [0.2, 0.25) is 0 Å². The standard InChI is InChI=1S/C20H23N5OS/c1-14-5-3-8-18(15(14)2)25-11-9-24(10-12-25)13-19(26)21-16-6-4-7-17-20(16)23-27-22-17/h3-8H,9-13H2,1-2H3,(H,21,26). The van der Waals surface area contributed by atoms with Crippen LogP contribution in [0.4, 0.5) is 11.4 Å². The second-order valence-electron chi connectivity index (χ2n) is 6.97. The number of hydrogen-bond donors (Lipinski definition) is 1. The third-order valence-corrected chi connectivity index (χ3v) is 5.76. The monoisotopic (exact) mass is 381 g/mol. The number of hydrogen-bond acceptors (Lipinski definition) is 6. The second-order valence-corrected chi connectivity index (χ2v) is 7.50. The number of anilines is 2. The van der Waals surface area contributed by atoms with E-state index in [0.29, 0.717) is 6.54 Å². The molecule has 3 aromatic rings. The Balaban J connectivity index is 1.34. The van der Waals surface area contributed by atoms with Crippen LogP contribution in [0.25, 0.3) is 11.0 Å². The van der Waals surface area contributed by atoms with E-state index in [-0.39, 0.29) is 5.91 Å². The van der Waals surface area contributed by atoms with Crippen molar-refractivity contribution in [2.45, 2.75) is 13.8 Å². The lowest BCUT2D eigenvalue weighted by atomic mass is 10.1. The molecular formula is C20H23N5OS. The Kier molecular flexibility index (Phi) is 5.05. The minimum atomic E-state index is -0.00399. The molecule has 4 rings (SSSR count). The maximum atomic E-state index is 12.5. The van der Waals surface area contributed by atoms with Crippen LogP contribution in [0.3, 0.4) is 0 Å². The second kappa shape index (κ2) is 7.62. The highest BCUT2D eigenvalue weighted by Gasteiger charge is 2.21. The van der Waals surface area contributed by atoms with Gasteiger partial charge in [0.2, 0.25) is 5.91 Å². The topological polar surface area (TPSA) is 61.4 Å². The molecular weight excluding hydrogens is 358 g/mol. The number of benzene rings is 2. The van der Waals surface area contributed by atoms with Gasteiger partial charge in [0.05, 0.1) is 24.0 Å². The number of rotatable bonds is 4. The van der Waals surface area contributed by atoms with Crippen molar-refractivity contribution in [1.82, 2.24) is 13.6 Å². The zero-order chi connectivity index (χ0) is 18.8. The Morgan fingerprint density at radius 3 is 2.67 bits per heavy atom. The Labute approximate surface area is 163 Å². The van der Waals surface area contributed by atoms with E-state index >= 15 is 0 Å². The number of carbonyl (C=O) groups is 1. The lowest BCUT2D eigenvalue weighted by molar-refractivity contribution is -0.117. The van der Waals surface area contributed by atoms with Gasteiger partial charge in [0.25, 0.3) is 0 Å². The Morgan fingerprint density at radius 2 is 1.85 bits per heavy atom. The number of nitrogens with zero attached hydrogens (tertiary/aromatic N) is 4. The fourth-order valence-electron chi connectivity index (χ4n) is 3.52. The van der Waals surface area contributed by atoms with E-state index in [1.165, 1.54) is 16.8 Å². The summed E-state index contributed by atoms with van der Waals surface area (Å²) >= 11 is 1.16. The number of aromatic nitrogens is 2. The normalized spacial score (nSPS) is 15.3. The summed E-state index contributed by atoms with van der Waals surface area (Å²) in [6.07, 6.45) is 0. The molecule has 0 spiro atoms. The van der Waals surface area contributed by atoms with Crippen molar-refractivity contribution in [3.63, 3.8) is 0 Å². The fourth-order valence-corrected chi connectivity index (χ4v) is 4.07. The smallest absolute Gasteiger partial charge is 0.238 e. The molecule has 1 saturated heterocycles. The minimum Gasteiger partial charge on any atom is -0.369 e. The van der Waals surface area contributed by atoms with Gasteiger partial charge in [-0.05, 0) is 43.2 Å². The molecule has 1 amide bonds. The number of nitrogens with one attached hydrogen (secondary N) is 1. The summed E-state index contributed by atoms with van der Waals surface area (Å²) in [5, 5.41) is 2.99. The number of fused-ring (bicyclic) bond motifs is 1. The van der Waals surface area contributed by atoms with Gasteiger partial charge in [-0.3, -0.25) is 9.69 Å². The van der Waals surface area contributed by atoms with Gasteiger partial charge in [-0.25, -0.2) is 0 Å². The summed E-state index contributed by atoms with van der Waals surface area (Å²) < 4.78 is 8.49. The predicted octanol–water partition coefficient (Wildman–Crippen LogP) is 3.07. The molecule has 0 saturated carbocycles. The largest absolute Gasteiger partial charge is 0.369 e. The van der Waals surface area contributed by atoms with Crippen molar-refractivity contribution in [3.05, 3.63) is 47.5 Å². The Morgan fingerprint density at radius 1 is 1.07 bits per heavy atom. The molecule has 1 fully saturated rings. The molecule has 140 valence electrons. The molecule has 7 heteroatoms. The van der Waals surface area contributed by atoms with E-state index < -0.39 is 0 Å². The molecule has 2 aromatic carbocycles. The molecule has 0 aliphatic carbocycles. The van der Waals surface area contributed by atoms with Crippen LogP contribution in [-0.4, -0.2) is 52.3 Å². The zero-order valence-corrected chi connectivity index (χ0v) is 16.4. The van der Waals surface area contributed by atoms with Gasteiger partial charge in [-0.2, -0.15) is 8.75 Å². The van der Waals surface area contributed by atoms with E-state index in [0.717, 1.165) is 54.6 Å². The average molecular weight is 382 g/mol. The first kappa shape index (κ1) is 17.9. The molecule has 1 N–H and O–H groups in total. The third-order valence-electron chi connectivity index (χ3n) is 5.22. The molecule has 0 atom stereocenters. The molecule has 0 bridgehead atoms. The van der Waals surface area contributed by atoms with Gasteiger partial charge in [0, 0.05) is 31.9 Å². The van der Waals surface area contributed by atoms with E-state index in [1.807, 2.05) is 18.2 Å². The Bertz CT molecular complexity index is 962. The summed E-state index contributed by atoms with van der Waals surface area (Å²) in [6.45, 7) is 8.35. The maximum absolute atomic E-state index is 12.5. The highest BCUT2D eigenvalue weighted by molar-refractivity contribution is 7.00. The van der Waals surface area contributed by atoms with Crippen LogP contribution in [0.15, 0.2) is 36.4 Å². The highest BCUT2D eigenvalue weighted by Crippen LogP contribution is 2.24. The minimum absolute atomic E-state index is 0.00399. The van der Waals surface area contributed by atoms with Gasteiger partial charge in [-0.1, -0.05) is 18.2 Å². The van der Waals surface area contributed by atoms with Gasteiger partial charge in [-0.15, -0.1) is 0 Å². The number of amides is 1. The molecule has 0 unspecified atom stereocenters. The van der Waals surface area contributed by atoms with Crippen molar-refractivity contribution in [2.75, 3.05) is 42.9 Å². The van der Waals surface area contributed by atoms with Crippen molar-refractivity contribution >= 4 is 40.0 Å². The zero-order valence-electron chi connectivity index (χ0n) is 15.6. The van der Waals surface area contributed by atoms with E-state index in [4.69, 9.17) is 0 Å². The van der Waals surface area contributed by atoms with Crippen LogP contribution in [0, 0.1) is 13.8 Å². The van der Waals surface area contributed by atoms with Crippen LogP contribution < -0.4 is 10.2 Å². The van der Waals surface area contributed by atoms with Crippen molar-refractivity contribution in [1.29, 1.82) is 0 Å². The van der Waals surface area contributed by atoms with Crippen molar-refractivity contribution in [2.24, 2.45) is 0 Å². The summed E-state index contributed by atoms with van der Waals surface area (Å²) in [6, 6.07) is 12.1. The first-order valence-electron chi connectivity index (χ1n) is 9.16. The molecule has 2 heterocycles. The predicted molar refractivity (Wildman–Crippen MR) is 111 cm³/mol. The van der Waals surface area contributed by atoms with Crippen LogP contribution >= 0.6 is 11.7 Å². The number of carbonyl (C=O) groups excluding carboxylic acids is 1. The SMILES string of the molecule is Cc1cccc(N2CCN(CC(=O)Nc3cccc4nsnc34)CC2)c1C. The highest BCUT2D eigenvalue weighted by atomic mass is 32.1. The number of aryl methyl sites for hydroxylation is 1. The van der Waals surface area contributed by atoms with Gasteiger partial charge < -0.3 is 10.2 Å². The first-order valence-corrected chi connectivity index (χ1v) is 9.89. The summed E-state index contributed by atoms with van der Waals surface area (Å²) in [4.78, 5) is 17.1. The third kappa shape index (κ3) is 3.79. The van der Waals surface area contributed by atoms with E-state index in [1.54, 1.807) is 0 Å².